The fourth-order valence-electron chi connectivity index (χ4n) is 3.12. The van der Waals surface area contributed by atoms with Crippen molar-refractivity contribution in [2.75, 3.05) is 5.32 Å². The van der Waals surface area contributed by atoms with E-state index >= 15 is 0 Å². The number of aryl methyl sites for hydroxylation is 1. The molecule has 1 aliphatic carbocycles. The van der Waals surface area contributed by atoms with Crippen molar-refractivity contribution in [3.05, 3.63) is 16.9 Å². The van der Waals surface area contributed by atoms with Gasteiger partial charge in [0.05, 0.1) is 5.56 Å². The third kappa shape index (κ3) is 3.55. The zero-order chi connectivity index (χ0) is 16.3. The first-order valence-corrected chi connectivity index (χ1v) is 7.64. The molecule has 2 rings (SSSR count). The summed E-state index contributed by atoms with van der Waals surface area (Å²) in [6.45, 7) is 2.90. The molecule has 0 spiro atoms. The topological polar surface area (TPSA) is 102 Å². The number of primary amides is 1. The van der Waals surface area contributed by atoms with Crippen molar-refractivity contribution in [1.82, 2.24) is 0 Å². The van der Waals surface area contributed by atoms with Gasteiger partial charge in [-0.3, -0.25) is 19.7 Å². The number of furan rings is 1. The van der Waals surface area contributed by atoms with Crippen LogP contribution in [0.5, 0.6) is 0 Å². The molecule has 1 heterocycles. The van der Waals surface area contributed by atoms with Gasteiger partial charge in [0, 0.05) is 6.42 Å². The van der Waals surface area contributed by atoms with Crippen molar-refractivity contribution in [2.24, 2.45) is 11.7 Å². The van der Waals surface area contributed by atoms with E-state index in [1.165, 1.54) is 13.3 Å². The molecule has 0 radical (unpaired) electrons. The van der Waals surface area contributed by atoms with Crippen LogP contribution in [0.3, 0.4) is 0 Å². The van der Waals surface area contributed by atoms with Crippen LogP contribution in [-0.2, 0) is 4.79 Å². The monoisotopic (exact) mass is 306 g/mol. The normalized spacial score (nSPS) is 15.5. The Morgan fingerprint density at radius 3 is 2.36 bits per heavy atom. The van der Waals surface area contributed by atoms with Crippen molar-refractivity contribution in [2.45, 2.75) is 52.4 Å². The van der Waals surface area contributed by atoms with Crippen LogP contribution in [-0.4, -0.2) is 17.6 Å². The Bertz CT molecular complexity index is 598. The average molecular weight is 306 g/mol. The Morgan fingerprint density at radius 2 is 1.82 bits per heavy atom. The van der Waals surface area contributed by atoms with Gasteiger partial charge in [-0.1, -0.05) is 19.3 Å². The van der Waals surface area contributed by atoms with E-state index in [4.69, 9.17) is 10.2 Å². The zero-order valence-corrected chi connectivity index (χ0v) is 13.0. The van der Waals surface area contributed by atoms with Gasteiger partial charge in [-0.05, 0) is 32.6 Å². The van der Waals surface area contributed by atoms with Gasteiger partial charge in [0.25, 0.3) is 5.91 Å². The highest BCUT2D eigenvalue weighted by Crippen LogP contribution is 2.29. The van der Waals surface area contributed by atoms with Gasteiger partial charge in [0.15, 0.2) is 5.78 Å². The molecule has 120 valence electrons. The first-order valence-electron chi connectivity index (χ1n) is 7.64. The highest BCUT2D eigenvalue weighted by Gasteiger charge is 2.26. The summed E-state index contributed by atoms with van der Waals surface area (Å²) in [7, 11) is 0. The Morgan fingerprint density at radius 1 is 1.18 bits per heavy atom. The molecule has 1 aromatic rings. The summed E-state index contributed by atoms with van der Waals surface area (Å²) < 4.78 is 5.37. The van der Waals surface area contributed by atoms with Gasteiger partial charge >= 0.3 is 0 Å². The number of hydrogen-bond acceptors (Lipinski definition) is 4. The molecule has 0 atom stereocenters. The van der Waals surface area contributed by atoms with E-state index in [2.05, 4.69) is 5.32 Å². The van der Waals surface area contributed by atoms with Crippen LogP contribution in [0, 0.1) is 12.8 Å². The van der Waals surface area contributed by atoms with Crippen LogP contribution in [0.4, 0.5) is 5.88 Å². The standard InChI is InChI=1S/C16H22N2O4/c1-9(19)13-10(2)22-16(14(13)15(17)21)18-12(20)8-11-6-4-3-5-7-11/h11H,3-8H2,1-2H3,(H2,17,21)(H,18,20). The third-order valence-electron chi connectivity index (χ3n) is 4.13. The summed E-state index contributed by atoms with van der Waals surface area (Å²) in [5.74, 6) is -0.671. The Balaban J connectivity index is 2.14. The first-order chi connectivity index (χ1) is 10.4. The lowest BCUT2D eigenvalue weighted by atomic mass is 9.87. The minimum absolute atomic E-state index is 0.0176. The van der Waals surface area contributed by atoms with E-state index in [1.807, 2.05) is 0 Å². The molecule has 6 nitrogen and oxygen atoms in total. The SMILES string of the molecule is CC(=O)c1c(C)oc(NC(=O)CC2CCCCC2)c1C(N)=O. The van der Waals surface area contributed by atoms with E-state index in [0.29, 0.717) is 12.3 Å². The van der Waals surface area contributed by atoms with Crippen LogP contribution in [0.1, 0.15) is 71.9 Å². The summed E-state index contributed by atoms with van der Waals surface area (Å²) in [6, 6.07) is 0. The summed E-state index contributed by atoms with van der Waals surface area (Å²) in [6.07, 6.45) is 6.02. The first kappa shape index (κ1) is 16.3. The number of hydrogen-bond donors (Lipinski definition) is 2. The second kappa shape index (κ2) is 6.77. The lowest BCUT2D eigenvalue weighted by Gasteiger charge is -2.20. The van der Waals surface area contributed by atoms with Crippen molar-refractivity contribution in [1.29, 1.82) is 0 Å². The minimum Gasteiger partial charge on any atom is -0.444 e. The molecule has 0 saturated heterocycles. The van der Waals surface area contributed by atoms with E-state index < -0.39 is 5.91 Å². The highest BCUT2D eigenvalue weighted by atomic mass is 16.4. The highest BCUT2D eigenvalue weighted by molar-refractivity contribution is 6.11. The summed E-state index contributed by atoms with van der Waals surface area (Å²) >= 11 is 0. The van der Waals surface area contributed by atoms with E-state index in [0.717, 1.165) is 25.7 Å². The Kier molecular flexibility index (Phi) is 5.00. The molecule has 0 unspecified atom stereocenters. The zero-order valence-electron chi connectivity index (χ0n) is 13.0. The van der Waals surface area contributed by atoms with Gasteiger partial charge in [-0.25, -0.2) is 0 Å². The van der Waals surface area contributed by atoms with E-state index in [1.54, 1.807) is 6.92 Å². The maximum Gasteiger partial charge on any atom is 0.255 e. The number of Topliss-reactive ketones (excluding diaryl/α,β-unsaturated/α-hetero) is 1. The summed E-state index contributed by atoms with van der Waals surface area (Å²) in [4.78, 5) is 35.4. The fourth-order valence-corrected chi connectivity index (χ4v) is 3.12. The molecule has 1 saturated carbocycles. The van der Waals surface area contributed by atoms with Crippen molar-refractivity contribution < 1.29 is 18.8 Å². The summed E-state index contributed by atoms with van der Waals surface area (Å²) in [5, 5.41) is 2.60. The molecular formula is C16H22N2O4. The second-order valence-electron chi connectivity index (χ2n) is 5.91. The molecule has 3 N–H and O–H groups in total. The quantitative estimate of drug-likeness (QED) is 0.816. The molecular weight excluding hydrogens is 284 g/mol. The lowest BCUT2D eigenvalue weighted by molar-refractivity contribution is -0.117. The van der Waals surface area contributed by atoms with Crippen molar-refractivity contribution in [3.8, 4) is 0 Å². The molecule has 0 aromatic carbocycles. The number of nitrogens with one attached hydrogen (secondary N) is 1. The average Bonchev–Trinajstić information content (AvgIpc) is 2.76. The predicted molar refractivity (Wildman–Crippen MR) is 81.8 cm³/mol. The fraction of sp³-hybridized carbons (Fsp3) is 0.562. The largest absolute Gasteiger partial charge is 0.444 e. The maximum absolute atomic E-state index is 12.1. The third-order valence-corrected chi connectivity index (χ3v) is 4.13. The second-order valence-corrected chi connectivity index (χ2v) is 5.91. The van der Waals surface area contributed by atoms with Crippen LogP contribution in [0.25, 0.3) is 0 Å². The van der Waals surface area contributed by atoms with Gasteiger partial charge < -0.3 is 10.2 Å². The van der Waals surface area contributed by atoms with Crippen LogP contribution in [0.15, 0.2) is 4.42 Å². The smallest absolute Gasteiger partial charge is 0.255 e. The van der Waals surface area contributed by atoms with Gasteiger partial charge in [-0.2, -0.15) is 0 Å². The number of nitrogens with two attached hydrogens (primary N) is 1. The van der Waals surface area contributed by atoms with Gasteiger partial charge in [-0.15, -0.1) is 0 Å². The molecule has 1 fully saturated rings. The number of carbonyl (C=O) groups is 3. The number of amides is 2. The minimum atomic E-state index is -0.782. The van der Waals surface area contributed by atoms with Crippen molar-refractivity contribution >= 4 is 23.5 Å². The van der Waals surface area contributed by atoms with Crippen LogP contribution < -0.4 is 11.1 Å². The number of anilines is 1. The molecule has 1 aromatic heterocycles. The molecule has 6 heteroatoms. The Hall–Kier alpha value is -2.11. The summed E-state index contributed by atoms with van der Waals surface area (Å²) in [5.41, 5.74) is 5.42. The van der Waals surface area contributed by atoms with Crippen LogP contribution >= 0.6 is 0 Å². The van der Waals surface area contributed by atoms with Gasteiger partial charge in [0.2, 0.25) is 11.8 Å². The number of carbonyl (C=O) groups excluding carboxylic acids is 3. The number of rotatable bonds is 5. The van der Waals surface area contributed by atoms with Crippen molar-refractivity contribution in [3.63, 3.8) is 0 Å². The predicted octanol–water partition coefficient (Wildman–Crippen LogP) is 2.80. The number of ketones is 1. The van der Waals surface area contributed by atoms with E-state index in [9.17, 15) is 14.4 Å². The Labute approximate surface area is 129 Å². The maximum atomic E-state index is 12.1. The lowest BCUT2D eigenvalue weighted by Crippen LogP contribution is -2.21. The van der Waals surface area contributed by atoms with Crippen LogP contribution in [0.2, 0.25) is 0 Å². The molecule has 2 amide bonds. The molecule has 1 aliphatic rings. The molecule has 0 aliphatic heterocycles. The molecule has 22 heavy (non-hydrogen) atoms. The molecule has 0 bridgehead atoms. The van der Waals surface area contributed by atoms with Gasteiger partial charge in [0.1, 0.15) is 11.3 Å². The van der Waals surface area contributed by atoms with E-state index in [-0.39, 0.29) is 34.5 Å².